The summed E-state index contributed by atoms with van der Waals surface area (Å²) < 4.78 is 2.04. The van der Waals surface area contributed by atoms with Crippen molar-refractivity contribution in [2.24, 2.45) is 0 Å². The van der Waals surface area contributed by atoms with Crippen molar-refractivity contribution in [2.45, 2.75) is 6.54 Å². The van der Waals surface area contributed by atoms with E-state index in [1.807, 2.05) is 29.1 Å². The summed E-state index contributed by atoms with van der Waals surface area (Å²) in [7, 11) is 0. The molecule has 2 rings (SSSR count). The number of rotatable bonds is 2. The lowest BCUT2D eigenvalue weighted by Gasteiger charge is -1.95. The molecule has 4 heteroatoms. The van der Waals surface area contributed by atoms with Crippen LogP contribution >= 0.6 is 0 Å². The number of hydrogen-bond acceptors (Lipinski definition) is 2. The fourth-order valence-corrected chi connectivity index (χ4v) is 0.964. The molecule has 0 radical (unpaired) electrons. The molecule has 2 heterocycles. The smallest absolute Gasteiger partial charge is 0.102 e. The first-order valence-electron chi connectivity index (χ1n) is 3.40. The van der Waals surface area contributed by atoms with Gasteiger partial charge in [0.1, 0.15) is 5.69 Å². The van der Waals surface area contributed by atoms with E-state index >= 15 is 0 Å². The summed E-state index contributed by atoms with van der Waals surface area (Å²) in [5.41, 5.74) is 0.946. The van der Waals surface area contributed by atoms with Gasteiger partial charge in [-0.1, -0.05) is 0 Å². The molecule has 0 aliphatic rings. The van der Waals surface area contributed by atoms with E-state index in [9.17, 15) is 0 Å². The molecule has 2 aromatic rings. The third-order valence-electron chi connectivity index (χ3n) is 1.48. The van der Waals surface area contributed by atoms with Gasteiger partial charge in [-0.2, -0.15) is 15.4 Å². The van der Waals surface area contributed by atoms with Gasteiger partial charge in [0.2, 0.25) is 0 Å². The molecule has 2 aromatic heterocycles. The third kappa shape index (κ3) is 1.29. The first-order valence-corrected chi connectivity index (χ1v) is 3.40. The molecule has 0 atom stereocenters. The van der Waals surface area contributed by atoms with Crippen LogP contribution in [0.15, 0.2) is 30.7 Å². The summed E-state index contributed by atoms with van der Waals surface area (Å²) in [5.74, 6) is 0. The standard InChI is InChI=1S/C7H8N4/c1-2-4-11(3-1)6-7-5-8-10-9-7/h1-5H,6H2,(H,8,9,10). The Labute approximate surface area is 63.9 Å². The lowest BCUT2D eigenvalue weighted by Crippen LogP contribution is -1.95. The van der Waals surface area contributed by atoms with E-state index in [2.05, 4.69) is 15.4 Å². The molecule has 1 N–H and O–H groups in total. The molecule has 0 spiro atoms. The van der Waals surface area contributed by atoms with Gasteiger partial charge < -0.3 is 4.57 Å². The normalized spacial score (nSPS) is 10.2. The summed E-state index contributed by atoms with van der Waals surface area (Å²) in [5, 5.41) is 10.2. The van der Waals surface area contributed by atoms with Gasteiger partial charge in [-0.3, -0.25) is 0 Å². The number of aromatic nitrogens is 4. The first kappa shape index (κ1) is 6.15. The minimum atomic E-state index is 0.781. The zero-order chi connectivity index (χ0) is 7.52. The minimum absolute atomic E-state index is 0.781. The van der Waals surface area contributed by atoms with Gasteiger partial charge in [0, 0.05) is 12.4 Å². The van der Waals surface area contributed by atoms with Crippen molar-refractivity contribution in [2.75, 3.05) is 0 Å². The van der Waals surface area contributed by atoms with Gasteiger partial charge in [0.15, 0.2) is 0 Å². The molecule has 0 amide bonds. The Kier molecular flexibility index (Phi) is 1.44. The number of nitrogens with one attached hydrogen (secondary N) is 1. The van der Waals surface area contributed by atoms with Crippen LogP contribution in [0.2, 0.25) is 0 Å². The summed E-state index contributed by atoms with van der Waals surface area (Å²) in [6, 6.07) is 3.97. The van der Waals surface area contributed by atoms with Crippen LogP contribution in [0.25, 0.3) is 0 Å². The highest BCUT2D eigenvalue weighted by molar-refractivity contribution is 4.97. The number of nitrogens with zero attached hydrogens (tertiary/aromatic N) is 3. The van der Waals surface area contributed by atoms with Crippen molar-refractivity contribution in [3.8, 4) is 0 Å². The Morgan fingerprint density at radius 2 is 2.18 bits per heavy atom. The molecule has 0 aliphatic heterocycles. The minimum Gasteiger partial charge on any atom is -0.348 e. The van der Waals surface area contributed by atoms with Crippen molar-refractivity contribution < 1.29 is 0 Å². The van der Waals surface area contributed by atoms with E-state index in [-0.39, 0.29) is 0 Å². The highest BCUT2D eigenvalue weighted by Gasteiger charge is 1.94. The lowest BCUT2D eigenvalue weighted by atomic mass is 10.5. The predicted molar refractivity (Wildman–Crippen MR) is 39.9 cm³/mol. The molecule has 0 saturated carbocycles. The molecule has 56 valence electrons. The fourth-order valence-electron chi connectivity index (χ4n) is 0.964. The van der Waals surface area contributed by atoms with Gasteiger partial charge in [0.25, 0.3) is 0 Å². The largest absolute Gasteiger partial charge is 0.348 e. The van der Waals surface area contributed by atoms with E-state index in [4.69, 9.17) is 0 Å². The Balaban J connectivity index is 2.14. The second kappa shape index (κ2) is 2.57. The van der Waals surface area contributed by atoms with E-state index in [1.165, 1.54) is 0 Å². The second-order valence-corrected chi connectivity index (χ2v) is 2.32. The highest BCUT2D eigenvalue weighted by atomic mass is 15.3. The molecule has 4 nitrogen and oxygen atoms in total. The van der Waals surface area contributed by atoms with E-state index in [1.54, 1.807) is 6.20 Å². The van der Waals surface area contributed by atoms with Crippen LogP contribution in [0.5, 0.6) is 0 Å². The topological polar surface area (TPSA) is 46.5 Å². The third-order valence-corrected chi connectivity index (χ3v) is 1.48. The first-order chi connectivity index (χ1) is 5.45. The van der Waals surface area contributed by atoms with Crippen LogP contribution in [-0.4, -0.2) is 20.0 Å². The zero-order valence-electron chi connectivity index (χ0n) is 5.94. The number of hydrogen-bond donors (Lipinski definition) is 1. The van der Waals surface area contributed by atoms with E-state index in [0.29, 0.717) is 0 Å². The number of aromatic amines is 1. The molecule has 0 saturated heterocycles. The molecule has 0 aromatic carbocycles. The molecule has 0 unspecified atom stereocenters. The SMILES string of the molecule is c1ccn(Cc2cn[nH]n2)c1. The second-order valence-electron chi connectivity index (χ2n) is 2.32. The van der Waals surface area contributed by atoms with Gasteiger partial charge in [-0.15, -0.1) is 0 Å². The van der Waals surface area contributed by atoms with Crippen LogP contribution in [0.1, 0.15) is 5.69 Å². The van der Waals surface area contributed by atoms with Gasteiger partial charge in [-0.05, 0) is 12.1 Å². The Hall–Kier alpha value is -1.58. The van der Waals surface area contributed by atoms with Crippen molar-refractivity contribution in [3.05, 3.63) is 36.4 Å². The maximum atomic E-state index is 3.93. The summed E-state index contributed by atoms with van der Waals surface area (Å²) in [6.45, 7) is 0.781. The van der Waals surface area contributed by atoms with Crippen LogP contribution in [-0.2, 0) is 6.54 Å². The van der Waals surface area contributed by atoms with Gasteiger partial charge in [-0.25, -0.2) is 0 Å². The average molecular weight is 148 g/mol. The molecular weight excluding hydrogens is 140 g/mol. The molecular formula is C7H8N4. The van der Waals surface area contributed by atoms with Crippen LogP contribution < -0.4 is 0 Å². The van der Waals surface area contributed by atoms with Crippen molar-refractivity contribution >= 4 is 0 Å². The van der Waals surface area contributed by atoms with Crippen LogP contribution in [0, 0.1) is 0 Å². The zero-order valence-corrected chi connectivity index (χ0v) is 5.94. The Bertz CT molecular complexity index is 263. The average Bonchev–Trinajstić information content (AvgIpc) is 2.60. The Morgan fingerprint density at radius 1 is 1.36 bits per heavy atom. The predicted octanol–water partition coefficient (Wildman–Crippen LogP) is 0.654. The molecule has 0 bridgehead atoms. The maximum Gasteiger partial charge on any atom is 0.102 e. The summed E-state index contributed by atoms with van der Waals surface area (Å²) in [4.78, 5) is 0. The number of H-pyrrole nitrogens is 1. The van der Waals surface area contributed by atoms with E-state index in [0.717, 1.165) is 12.2 Å². The highest BCUT2D eigenvalue weighted by Crippen LogP contribution is 1.95. The summed E-state index contributed by atoms with van der Waals surface area (Å²) in [6.07, 6.45) is 5.71. The van der Waals surface area contributed by atoms with Crippen molar-refractivity contribution in [3.63, 3.8) is 0 Å². The molecule has 0 aliphatic carbocycles. The monoisotopic (exact) mass is 148 g/mol. The summed E-state index contributed by atoms with van der Waals surface area (Å²) >= 11 is 0. The van der Waals surface area contributed by atoms with Crippen LogP contribution in [0.3, 0.4) is 0 Å². The van der Waals surface area contributed by atoms with Crippen LogP contribution in [0.4, 0.5) is 0 Å². The van der Waals surface area contributed by atoms with Gasteiger partial charge >= 0.3 is 0 Å². The fraction of sp³-hybridized carbons (Fsp3) is 0.143. The van der Waals surface area contributed by atoms with Crippen molar-refractivity contribution in [1.29, 1.82) is 0 Å². The quantitative estimate of drug-likeness (QED) is 0.679. The molecule has 11 heavy (non-hydrogen) atoms. The lowest BCUT2D eigenvalue weighted by molar-refractivity contribution is 0.771. The Morgan fingerprint density at radius 3 is 2.82 bits per heavy atom. The van der Waals surface area contributed by atoms with Gasteiger partial charge in [0.05, 0.1) is 12.7 Å². The molecule has 0 fully saturated rings. The van der Waals surface area contributed by atoms with Crippen molar-refractivity contribution in [1.82, 2.24) is 20.0 Å². The maximum absolute atomic E-state index is 3.93. The van der Waals surface area contributed by atoms with E-state index < -0.39 is 0 Å².